The summed E-state index contributed by atoms with van der Waals surface area (Å²) in [4.78, 5) is 26.1. The van der Waals surface area contributed by atoms with Crippen LogP contribution in [0.2, 0.25) is 0 Å². The largest absolute Gasteiger partial charge is 0.351 e. The van der Waals surface area contributed by atoms with E-state index >= 15 is 0 Å². The van der Waals surface area contributed by atoms with Crippen molar-refractivity contribution in [2.45, 2.75) is 6.54 Å². The Morgan fingerprint density at radius 2 is 1.40 bits per heavy atom. The summed E-state index contributed by atoms with van der Waals surface area (Å²) >= 11 is 0. The van der Waals surface area contributed by atoms with Gasteiger partial charge in [0.05, 0.1) is 0 Å². The number of benzene rings is 2. The van der Waals surface area contributed by atoms with Crippen molar-refractivity contribution in [3.05, 3.63) is 71.0 Å². The van der Waals surface area contributed by atoms with Crippen LogP contribution in [0.25, 0.3) is 0 Å². The summed E-state index contributed by atoms with van der Waals surface area (Å²) in [6, 6.07) is 12.4. The molecule has 0 aliphatic heterocycles. The van der Waals surface area contributed by atoms with Gasteiger partial charge < -0.3 is 15.5 Å². The highest BCUT2D eigenvalue weighted by Crippen LogP contribution is 2.06. The molecule has 0 fully saturated rings. The van der Waals surface area contributed by atoms with E-state index in [1.54, 1.807) is 36.4 Å². The summed E-state index contributed by atoms with van der Waals surface area (Å²) in [6.07, 6.45) is 0. The van der Waals surface area contributed by atoms with Crippen molar-refractivity contribution in [1.29, 1.82) is 0 Å². The Balaban J connectivity index is 1.86. The highest BCUT2D eigenvalue weighted by atomic mass is 19.1. The van der Waals surface area contributed by atoms with E-state index in [0.29, 0.717) is 24.2 Å². The first-order valence-electron chi connectivity index (χ1n) is 8.01. The first kappa shape index (κ1) is 18.6. The maximum Gasteiger partial charge on any atom is 0.251 e. The number of likely N-dealkylation sites (N-methyl/N-ethyl adjacent to an activating group) is 1. The Kier molecular flexibility index (Phi) is 6.65. The SMILES string of the molecule is CN(C)CCNC(=O)c1ccc(C(=O)NCc2ccc(F)cc2)cc1. The molecule has 0 unspecified atom stereocenters. The van der Waals surface area contributed by atoms with Gasteiger partial charge in [-0.15, -0.1) is 0 Å². The second-order valence-corrected chi connectivity index (χ2v) is 5.95. The number of rotatable bonds is 7. The van der Waals surface area contributed by atoms with Gasteiger partial charge >= 0.3 is 0 Å². The number of hydrogen-bond donors (Lipinski definition) is 2. The molecule has 2 aromatic rings. The van der Waals surface area contributed by atoms with Crippen LogP contribution >= 0.6 is 0 Å². The van der Waals surface area contributed by atoms with Crippen LogP contribution in [0.1, 0.15) is 26.3 Å². The molecule has 0 aliphatic rings. The second kappa shape index (κ2) is 8.94. The molecular weight excluding hydrogens is 321 g/mol. The van der Waals surface area contributed by atoms with Gasteiger partial charge in [0.15, 0.2) is 0 Å². The molecule has 0 atom stereocenters. The number of amides is 2. The number of halogens is 1. The third-order valence-corrected chi connectivity index (χ3v) is 3.62. The third-order valence-electron chi connectivity index (χ3n) is 3.62. The minimum atomic E-state index is -0.311. The van der Waals surface area contributed by atoms with E-state index in [-0.39, 0.29) is 17.6 Å². The molecule has 0 aliphatic carbocycles. The Hall–Kier alpha value is -2.73. The van der Waals surface area contributed by atoms with E-state index in [0.717, 1.165) is 12.1 Å². The highest BCUT2D eigenvalue weighted by Gasteiger charge is 2.09. The first-order chi connectivity index (χ1) is 12.0. The normalized spacial score (nSPS) is 10.6. The molecule has 0 saturated carbocycles. The fourth-order valence-electron chi connectivity index (χ4n) is 2.15. The summed E-state index contributed by atoms with van der Waals surface area (Å²) in [6.45, 7) is 1.63. The lowest BCUT2D eigenvalue weighted by Gasteiger charge is -2.10. The van der Waals surface area contributed by atoms with Crippen molar-refractivity contribution in [3.8, 4) is 0 Å². The maximum absolute atomic E-state index is 12.8. The maximum atomic E-state index is 12.8. The zero-order valence-corrected chi connectivity index (χ0v) is 14.4. The van der Waals surface area contributed by atoms with Crippen LogP contribution < -0.4 is 10.6 Å². The number of nitrogens with one attached hydrogen (secondary N) is 2. The summed E-state index contributed by atoms with van der Waals surface area (Å²) < 4.78 is 12.8. The molecule has 2 aromatic carbocycles. The van der Waals surface area contributed by atoms with Gasteiger partial charge in [-0.2, -0.15) is 0 Å². The van der Waals surface area contributed by atoms with Crippen LogP contribution in [-0.2, 0) is 6.54 Å². The van der Waals surface area contributed by atoms with Crippen molar-refractivity contribution in [2.75, 3.05) is 27.2 Å². The van der Waals surface area contributed by atoms with Crippen molar-refractivity contribution >= 4 is 11.8 Å². The van der Waals surface area contributed by atoms with E-state index in [1.807, 2.05) is 19.0 Å². The zero-order valence-electron chi connectivity index (χ0n) is 14.4. The smallest absolute Gasteiger partial charge is 0.251 e. The van der Waals surface area contributed by atoms with Crippen LogP contribution in [0.5, 0.6) is 0 Å². The number of carbonyl (C=O) groups is 2. The van der Waals surface area contributed by atoms with Crippen molar-refractivity contribution in [3.63, 3.8) is 0 Å². The lowest BCUT2D eigenvalue weighted by atomic mass is 10.1. The van der Waals surface area contributed by atoms with Gasteiger partial charge in [-0.1, -0.05) is 12.1 Å². The van der Waals surface area contributed by atoms with Crippen LogP contribution in [0.15, 0.2) is 48.5 Å². The molecule has 25 heavy (non-hydrogen) atoms. The van der Waals surface area contributed by atoms with Crippen LogP contribution in [0.4, 0.5) is 4.39 Å². The average Bonchev–Trinajstić information content (AvgIpc) is 2.60. The fraction of sp³-hybridized carbons (Fsp3) is 0.263. The van der Waals surface area contributed by atoms with Gasteiger partial charge in [0.25, 0.3) is 11.8 Å². The number of hydrogen-bond acceptors (Lipinski definition) is 3. The molecule has 2 N–H and O–H groups in total. The van der Waals surface area contributed by atoms with Gasteiger partial charge in [-0.3, -0.25) is 9.59 Å². The lowest BCUT2D eigenvalue weighted by Crippen LogP contribution is -2.31. The molecule has 0 aromatic heterocycles. The van der Waals surface area contributed by atoms with E-state index < -0.39 is 0 Å². The number of carbonyl (C=O) groups excluding carboxylic acids is 2. The Morgan fingerprint density at radius 3 is 1.92 bits per heavy atom. The van der Waals surface area contributed by atoms with Gasteiger partial charge in [0, 0.05) is 30.8 Å². The van der Waals surface area contributed by atoms with Gasteiger partial charge in [0.2, 0.25) is 0 Å². The predicted octanol–water partition coefficient (Wildman–Crippen LogP) is 2.05. The Labute approximate surface area is 146 Å². The fourth-order valence-corrected chi connectivity index (χ4v) is 2.15. The van der Waals surface area contributed by atoms with E-state index in [1.165, 1.54) is 12.1 Å². The van der Waals surface area contributed by atoms with E-state index in [2.05, 4.69) is 10.6 Å². The monoisotopic (exact) mass is 343 g/mol. The predicted molar refractivity (Wildman–Crippen MR) is 94.9 cm³/mol. The molecular formula is C19H22FN3O2. The van der Waals surface area contributed by atoms with Crippen molar-refractivity contribution in [2.24, 2.45) is 0 Å². The third kappa shape index (κ3) is 6.00. The molecule has 132 valence electrons. The molecule has 0 heterocycles. The highest BCUT2D eigenvalue weighted by molar-refractivity contribution is 5.97. The quantitative estimate of drug-likeness (QED) is 0.809. The minimum Gasteiger partial charge on any atom is -0.351 e. The van der Waals surface area contributed by atoms with Crippen molar-refractivity contribution in [1.82, 2.24) is 15.5 Å². The van der Waals surface area contributed by atoms with E-state index in [4.69, 9.17) is 0 Å². The molecule has 6 heteroatoms. The summed E-state index contributed by atoms with van der Waals surface area (Å²) in [5.74, 6) is -0.724. The Bertz CT molecular complexity index is 712. The Morgan fingerprint density at radius 1 is 0.880 bits per heavy atom. The van der Waals surface area contributed by atoms with Gasteiger partial charge in [-0.25, -0.2) is 4.39 Å². The second-order valence-electron chi connectivity index (χ2n) is 5.95. The summed E-state index contributed by atoms with van der Waals surface area (Å²) in [5, 5.41) is 5.58. The van der Waals surface area contributed by atoms with Crippen molar-refractivity contribution < 1.29 is 14.0 Å². The number of nitrogens with zero attached hydrogens (tertiary/aromatic N) is 1. The van der Waals surface area contributed by atoms with Crippen LogP contribution in [-0.4, -0.2) is 43.9 Å². The molecule has 2 amide bonds. The molecule has 2 rings (SSSR count). The average molecular weight is 343 g/mol. The molecule has 0 spiro atoms. The molecule has 5 nitrogen and oxygen atoms in total. The topological polar surface area (TPSA) is 61.4 Å². The van der Waals surface area contributed by atoms with Gasteiger partial charge in [-0.05, 0) is 56.1 Å². The first-order valence-corrected chi connectivity index (χ1v) is 8.01. The van der Waals surface area contributed by atoms with Crippen LogP contribution in [0, 0.1) is 5.82 Å². The lowest BCUT2D eigenvalue weighted by molar-refractivity contribution is 0.0939. The molecule has 0 radical (unpaired) electrons. The zero-order chi connectivity index (χ0) is 18.2. The standard InChI is InChI=1S/C19H22FN3O2/c1-23(2)12-11-21-18(24)15-5-7-16(8-6-15)19(25)22-13-14-3-9-17(20)10-4-14/h3-10H,11-13H2,1-2H3,(H,21,24)(H,22,25). The van der Waals surface area contributed by atoms with Gasteiger partial charge in [0.1, 0.15) is 5.82 Å². The molecule has 0 saturated heterocycles. The summed E-state index contributed by atoms with van der Waals surface area (Å²) in [5.41, 5.74) is 1.78. The molecule has 0 bridgehead atoms. The van der Waals surface area contributed by atoms with Crippen LogP contribution in [0.3, 0.4) is 0 Å². The summed E-state index contributed by atoms with van der Waals surface area (Å²) in [7, 11) is 3.87. The van der Waals surface area contributed by atoms with E-state index in [9.17, 15) is 14.0 Å². The minimum absolute atomic E-state index is 0.167.